The number of esters is 1. The van der Waals surface area contributed by atoms with E-state index in [0.717, 1.165) is 6.42 Å². The number of fused-ring (bicyclic) bond motifs is 1. The zero-order valence-corrected chi connectivity index (χ0v) is 8.45. The second kappa shape index (κ2) is 3.23. The van der Waals surface area contributed by atoms with Crippen LogP contribution in [0.15, 0.2) is 0 Å². The molecule has 78 valence electrons. The summed E-state index contributed by atoms with van der Waals surface area (Å²) in [6.07, 6.45) is 5.94. The number of carbonyl (C=O) groups excluding carboxylic acids is 1. The summed E-state index contributed by atoms with van der Waals surface area (Å²) in [7, 11) is 0. The normalized spacial score (nSPS) is 42.9. The quantitative estimate of drug-likeness (QED) is 0.588. The van der Waals surface area contributed by atoms with E-state index in [1.165, 1.54) is 32.4 Å². The van der Waals surface area contributed by atoms with E-state index < -0.39 is 0 Å². The summed E-state index contributed by atoms with van der Waals surface area (Å²) in [5, 5.41) is 0. The van der Waals surface area contributed by atoms with E-state index in [-0.39, 0.29) is 12.1 Å². The molecule has 0 aromatic carbocycles. The van der Waals surface area contributed by atoms with Gasteiger partial charge in [0, 0.05) is 12.0 Å². The van der Waals surface area contributed by atoms with Gasteiger partial charge in [0.25, 0.3) is 0 Å². The van der Waals surface area contributed by atoms with Gasteiger partial charge in [0.15, 0.2) is 0 Å². The number of likely N-dealkylation sites (tertiary alicyclic amines) is 1. The minimum absolute atomic E-state index is 0.0314. The minimum atomic E-state index is 0.0314. The lowest BCUT2D eigenvalue weighted by Gasteiger charge is -2.27. The van der Waals surface area contributed by atoms with Crippen LogP contribution in [0.1, 0.15) is 32.1 Å². The first-order valence-corrected chi connectivity index (χ1v) is 5.78. The SMILES string of the molecule is O=C1CC2C(CCC2N2CCCC2)O1. The van der Waals surface area contributed by atoms with Crippen molar-refractivity contribution in [1.29, 1.82) is 0 Å². The average Bonchev–Trinajstić information content (AvgIpc) is 2.77. The third-order valence-corrected chi connectivity index (χ3v) is 4.01. The van der Waals surface area contributed by atoms with Crippen molar-refractivity contribution < 1.29 is 9.53 Å². The molecule has 3 heteroatoms. The first kappa shape index (κ1) is 8.72. The molecule has 3 aliphatic rings. The maximum Gasteiger partial charge on any atom is 0.306 e. The molecule has 3 fully saturated rings. The monoisotopic (exact) mass is 195 g/mol. The highest BCUT2D eigenvalue weighted by Gasteiger charge is 2.47. The van der Waals surface area contributed by atoms with Gasteiger partial charge in [-0.1, -0.05) is 0 Å². The maximum absolute atomic E-state index is 11.2. The van der Waals surface area contributed by atoms with Crippen molar-refractivity contribution in [2.24, 2.45) is 5.92 Å². The van der Waals surface area contributed by atoms with E-state index in [9.17, 15) is 4.79 Å². The Labute approximate surface area is 84.4 Å². The molecule has 2 heterocycles. The van der Waals surface area contributed by atoms with Crippen molar-refractivity contribution >= 4 is 5.97 Å². The van der Waals surface area contributed by atoms with E-state index >= 15 is 0 Å². The Kier molecular flexibility index (Phi) is 2.01. The van der Waals surface area contributed by atoms with Gasteiger partial charge in [0.1, 0.15) is 6.10 Å². The van der Waals surface area contributed by atoms with Gasteiger partial charge in [-0.15, -0.1) is 0 Å². The average molecular weight is 195 g/mol. The van der Waals surface area contributed by atoms with Crippen molar-refractivity contribution in [1.82, 2.24) is 4.90 Å². The standard InChI is InChI=1S/C11H17NO2/c13-11-7-8-9(3-4-10(8)14-11)12-5-1-2-6-12/h8-10H,1-7H2. The van der Waals surface area contributed by atoms with Gasteiger partial charge >= 0.3 is 5.97 Å². The van der Waals surface area contributed by atoms with Crippen LogP contribution < -0.4 is 0 Å². The highest BCUT2D eigenvalue weighted by molar-refractivity contribution is 5.72. The summed E-state index contributed by atoms with van der Waals surface area (Å²) in [4.78, 5) is 13.8. The first-order valence-electron chi connectivity index (χ1n) is 5.78. The Bertz CT molecular complexity index is 248. The van der Waals surface area contributed by atoms with Crippen LogP contribution >= 0.6 is 0 Å². The third kappa shape index (κ3) is 1.26. The number of rotatable bonds is 1. The third-order valence-electron chi connectivity index (χ3n) is 4.01. The summed E-state index contributed by atoms with van der Waals surface area (Å²) < 4.78 is 5.31. The van der Waals surface area contributed by atoms with Crippen molar-refractivity contribution in [2.45, 2.75) is 44.2 Å². The van der Waals surface area contributed by atoms with Gasteiger partial charge in [-0.05, 0) is 38.8 Å². The van der Waals surface area contributed by atoms with Gasteiger partial charge in [-0.3, -0.25) is 9.69 Å². The summed E-state index contributed by atoms with van der Waals surface area (Å²) >= 11 is 0. The highest BCUT2D eigenvalue weighted by atomic mass is 16.6. The second-order valence-corrected chi connectivity index (χ2v) is 4.78. The fourth-order valence-electron chi connectivity index (χ4n) is 3.36. The van der Waals surface area contributed by atoms with Crippen LogP contribution in [0.25, 0.3) is 0 Å². The van der Waals surface area contributed by atoms with Gasteiger partial charge in [-0.2, -0.15) is 0 Å². The maximum atomic E-state index is 11.2. The molecule has 0 aromatic rings. The Morgan fingerprint density at radius 3 is 2.79 bits per heavy atom. The zero-order chi connectivity index (χ0) is 9.54. The molecule has 0 radical (unpaired) electrons. The number of ether oxygens (including phenoxy) is 1. The molecule has 0 amide bonds. The number of carbonyl (C=O) groups is 1. The van der Waals surface area contributed by atoms with E-state index in [1.54, 1.807) is 0 Å². The van der Waals surface area contributed by atoms with Crippen molar-refractivity contribution in [3.8, 4) is 0 Å². The van der Waals surface area contributed by atoms with Crippen molar-refractivity contribution in [3.63, 3.8) is 0 Å². The summed E-state index contributed by atoms with van der Waals surface area (Å²) in [6, 6.07) is 0.647. The molecule has 0 spiro atoms. The van der Waals surface area contributed by atoms with Crippen LogP contribution in [-0.2, 0) is 9.53 Å². The van der Waals surface area contributed by atoms with Crippen LogP contribution in [0.3, 0.4) is 0 Å². The molecule has 14 heavy (non-hydrogen) atoms. The Morgan fingerprint density at radius 1 is 1.21 bits per heavy atom. The fraction of sp³-hybridized carbons (Fsp3) is 0.909. The largest absolute Gasteiger partial charge is 0.462 e. The lowest BCUT2D eigenvalue weighted by molar-refractivity contribution is -0.141. The van der Waals surface area contributed by atoms with Crippen molar-refractivity contribution in [3.05, 3.63) is 0 Å². The van der Waals surface area contributed by atoms with Crippen LogP contribution in [0, 0.1) is 5.92 Å². The Morgan fingerprint density at radius 2 is 2.00 bits per heavy atom. The van der Waals surface area contributed by atoms with Crippen LogP contribution in [0.2, 0.25) is 0 Å². The molecule has 0 bridgehead atoms. The molecular formula is C11H17NO2. The molecule has 1 saturated carbocycles. The molecule has 2 aliphatic heterocycles. The highest BCUT2D eigenvalue weighted by Crippen LogP contribution is 2.40. The molecule has 3 unspecified atom stereocenters. The summed E-state index contributed by atoms with van der Waals surface area (Å²) in [6.45, 7) is 2.48. The minimum Gasteiger partial charge on any atom is -0.462 e. The molecule has 1 aliphatic carbocycles. The smallest absolute Gasteiger partial charge is 0.306 e. The summed E-state index contributed by atoms with van der Waals surface area (Å²) in [5.41, 5.74) is 0. The van der Waals surface area contributed by atoms with Gasteiger partial charge in [-0.25, -0.2) is 0 Å². The lowest BCUT2D eigenvalue weighted by Crippen LogP contribution is -2.36. The Hall–Kier alpha value is -0.570. The molecule has 3 atom stereocenters. The Balaban J connectivity index is 1.72. The van der Waals surface area contributed by atoms with Gasteiger partial charge < -0.3 is 4.74 Å². The second-order valence-electron chi connectivity index (χ2n) is 4.78. The number of nitrogens with zero attached hydrogens (tertiary/aromatic N) is 1. The predicted molar refractivity (Wildman–Crippen MR) is 51.8 cm³/mol. The number of hydrogen-bond donors (Lipinski definition) is 0. The lowest BCUT2D eigenvalue weighted by atomic mass is 9.99. The van der Waals surface area contributed by atoms with Gasteiger partial charge in [0.05, 0.1) is 6.42 Å². The van der Waals surface area contributed by atoms with E-state index in [4.69, 9.17) is 4.74 Å². The zero-order valence-electron chi connectivity index (χ0n) is 8.45. The van der Waals surface area contributed by atoms with Crippen molar-refractivity contribution in [2.75, 3.05) is 13.1 Å². The van der Waals surface area contributed by atoms with E-state index in [1.807, 2.05) is 0 Å². The summed E-state index contributed by atoms with van der Waals surface area (Å²) in [5.74, 6) is 0.546. The molecule has 3 rings (SSSR count). The molecule has 0 aromatic heterocycles. The van der Waals surface area contributed by atoms with E-state index in [0.29, 0.717) is 18.4 Å². The van der Waals surface area contributed by atoms with E-state index in [2.05, 4.69) is 4.90 Å². The molecular weight excluding hydrogens is 178 g/mol. The predicted octanol–water partition coefficient (Wildman–Crippen LogP) is 1.18. The van der Waals surface area contributed by atoms with Crippen LogP contribution in [0.4, 0.5) is 0 Å². The van der Waals surface area contributed by atoms with Gasteiger partial charge in [0.2, 0.25) is 0 Å². The molecule has 0 N–H and O–H groups in total. The fourth-order valence-corrected chi connectivity index (χ4v) is 3.36. The topological polar surface area (TPSA) is 29.5 Å². The van der Waals surface area contributed by atoms with Crippen LogP contribution in [-0.4, -0.2) is 36.1 Å². The first-order chi connectivity index (χ1) is 6.84. The molecule has 2 saturated heterocycles. The van der Waals surface area contributed by atoms with Crippen LogP contribution in [0.5, 0.6) is 0 Å². The molecule has 3 nitrogen and oxygen atoms in total. The number of hydrogen-bond acceptors (Lipinski definition) is 3.